The number of amides is 2. The van der Waals surface area contributed by atoms with E-state index in [4.69, 9.17) is 0 Å². The molecule has 0 aromatic heterocycles. The van der Waals surface area contributed by atoms with Crippen LogP contribution in [0.3, 0.4) is 0 Å². The van der Waals surface area contributed by atoms with Crippen molar-refractivity contribution >= 4 is 11.8 Å². The lowest BCUT2D eigenvalue weighted by Crippen LogP contribution is -2.46. The molecule has 0 radical (unpaired) electrons. The van der Waals surface area contributed by atoms with Crippen LogP contribution in [-0.4, -0.2) is 59.9 Å². The van der Waals surface area contributed by atoms with Gasteiger partial charge in [-0.15, -0.1) is 0 Å². The molecule has 1 aliphatic carbocycles. The lowest BCUT2D eigenvalue weighted by molar-refractivity contribution is -0.136. The highest BCUT2D eigenvalue weighted by Crippen LogP contribution is 2.25. The van der Waals surface area contributed by atoms with Gasteiger partial charge in [0.05, 0.1) is 6.54 Å². The van der Waals surface area contributed by atoms with Crippen molar-refractivity contribution in [3.05, 3.63) is 0 Å². The summed E-state index contributed by atoms with van der Waals surface area (Å²) in [5.41, 5.74) is -0.189. The maximum atomic E-state index is 12.7. The van der Waals surface area contributed by atoms with Crippen molar-refractivity contribution in [3.63, 3.8) is 0 Å². The van der Waals surface area contributed by atoms with Crippen LogP contribution in [0.2, 0.25) is 0 Å². The third kappa shape index (κ3) is 6.13. The standard InChI is InChI=1S/C18H33N3O2/c1-18(2,3)19-16(22)14-20-10-7-11-21(13-12-20)17(23)15-8-5-4-6-9-15/h15H,4-14H2,1-3H3,(H,19,22). The molecule has 1 aliphatic heterocycles. The van der Waals surface area contributed by atoms with E-state index in [1.54, 1.807) is 0 Å². The molecule has 0 aromatic carbocycles. The average Bonchev–Trinajstić information content (AvgIpc) is 2.71. The summed E-state index contributed by atoms with van der Waals surface area (Å²) in [6.45, 7) is 9.73. The second kappa shape index (κ2) is 8.13. The number of nitrogens with one attached hydrogen (secondary N) is 1. The van der Waals surface area contributed by atoms with Gasteiger partial charge in [0.2, 0.25) is 11.8 Å². The van der Waals surface area contributed by atoms with E-state index in [1.807, 2.05) is 25.7 Å². The molecule has 5 nitrogen and oxygen atoms in total. The van der Waals surface area contributed by atoms with E-state index in [1.165, 1.54) is 19.3 Å². The fraction of sp³-hybridized carbons (Fsp3) is 0.889. The molecule has 0 bridgehead atoms. The van der Waals surface area contributed by atoms with Crippen molar-refractivity contribution in [2.75, 3.05) is 32.7 Å². The number of rotatable bonds is 3. The van der Waals surface area contributed by atoms with Crippen molar-refractivity contribution < 1.29 is 9.59 Å². The van der Waals surface area contributed by atoms with Crippen LogP contribution < -0.4 is 5.32 Å². The molecule has 1 saturated carbocycles. The van der Waals surface area contributed by atoms with Crippen molar-refractivity contribution in [2.45, 2.75) is 64.8 Å². The third-order valence-corrected chi connectivity index (χ3v) is 4.74. The Hall–Kier alpha value is -1.10. The Labute approximate surface area is 140 Å². The smallest absolute Gasteiger partial charge is 0.234 e. The van der Waals surface area contributed by atoms with Crippen LogP contribution >= 0.6 is 0 Å². The molecule has 2 fully saturated rings. The normalized spacial score (nSPS) is 21.8. The van der Waals surface area contributed by atoms with Crippen LogP contribution in [0.25, 0.3) is 0 Å². The highest BCUT2D eigenvalue weighted by atomic mass is 16.2. The number of hydrogen-bond acceptors (Lipinski definition) is 3. The zero-order valence-electron chi connectivity index (χ0n) is 15.1. The number of carbonyl (C=O) groups is 2. The number of nitrogens with zero attached hydrogens (tertiary/aromatic N) is 2. The lowest BCUT2D eigenvalue weighted by atomic mass is 9.88. The molecule has 2 aliphatic rings. The summed E-state index contributed by atoms with van der Waals surface area (Å²) in [6, 6.07) is 0. The van der Waals surface area contributed by atoms with Crippen molar-refractivity contribution in [3.8, 4) is 0 Å². The van der Waals surface area contributed by atoms with Gasteiger partial charge in [-0.05, 0) is 40.0 Å². The molecule has 0 unspecified atom stereocenters. The van der Waals surface area contributed by atoms with Gasteiger partial charge in [0, 0.05) is 37.6 Å². The molecule has 0 aromatic rings. The maximum Gasteiger partial charge on any atom is 0.234 e. The van der Waals surface area contributed by atoms with E-state index < -0.39 is 0 Å². The number of carbonyl (C=O) groups excluding carboxylic acids is 2. The van der Waals surface area contributed by atoms with Gasteiger partial charge in [0.25, 0.3) is 0 Å². The summed E-state index contributed by atoms with van der Waals surface area (Å²) >= 11 is 0. The highest BCUT2D eigenvalue weighted by Gasteiger charge is 2.27. The van der Waals surface area contributed by atoms with E-state index in [0.717, 1.165) is 45.4 Å². The molecule has 23 heavy (non-hydrogen) atoms. The zero-order chi connectivity index (χ0) is 16.9. The molecular weight excluding hydrogens is 290 g/mol. The summed E-state index contributed by atoms with van der Waals surface area (Å²) in [4.78, 5) is 28.9. The average molecular weight is 323 g/mol. The number of hydrogen-bond donors (Lipinski definition) is 1. The second-order valence-corrected chi connectivity index (χ2v) is 8.09. The first-order valence-electron chi connectivity index (χ1n) is 9.17. The van der Waals surface area contributed by atoms with Crippen LogP contribution in [0.4, 0.5) is 0 Å². The summed E-state index contributed by atoms with van der Waals surface area (Å²) in [6.07, 6.45) is 6.76. The largest absolute Gasteiger partial charge is 0.350 e. The molecular formula is C18H33N3O2. The minimum absolute atomic E-state index is 0.0737. The first-order valence-corrected chi connectivity index (χ1v) is 9.17. The summed E-state index contributed by atoms with van der Waals surface area (Å²) in [7, 11) is 0. The molecule has 1 N–H and O–H groups in total. The quantitative estimate of drug-likeness (QED) is 0.864. The van der Waals surface area contributed by atoms with Gasteiger partial charge in [0.1, 0.15) is 0 Å². The van der Waals surface area contributed by atoms with Crippen molar-refractivity contribution in [1.29, 1.82) is 0 Å². The van der Waals surface area contributed by atoms with E-state index in [2.05, 4.69) is 10.2 Å². The topological polar surface area (TPSA) is 52.7 Å². The molecule has 2 rings (SSSR count). The van der Waals surface area contributed by atoms with Gasteiger partial charge in [0.15, 0.2) is 0 Å². The van der Waals surface area contributed by atoms with Crippen LogP contribution in [0, 0.1) is 5.92 Å². The third-order valence-electron chi connectivity index (χ3n) is 4.74. The molecule has 2 amide bonds. The Morgan fingerprint density at radius 3 is 2.30 bits per heavy atom. The van der Waals surface area contributed by atoms with Crippen LogP contribution in [0.15, 0.2) is 0 Å². The first kappa shape index (κ1) is 18.2. The predicted octanol–water partition coefficient (Wildman–Crippen LogP) is 2.02. The van der Waals surface area contributed by atoms with Gasteiger partial charge in [-0.3, -0.25) is 14.5 Å². The molecule has 1 saturated heterocycles. The monoisotopic (exact) mass is 323 g/mol. The Balaban J connectivity index is 1.79. The second-order valence-electron chi connectivity index (χ2n) is 8.09. The van der Waals surface area contributed by atoms with Crippen LogP contribution in [0.1, 0.15) is 59.3 Å². The summed E-state index contributed by atoms with van der Waals surface area (Å²) in [5, 5.41) is 3.01. The van der Waals surface area contributed by atoms with Gasteiger partial charge in [-0.25, -0.2) is 0 Å². The van der Waals surface area contributed by atoms with E-state index >= 15 is 0 Å². The molecule has 0 spiro atoms. The molecule has 5 heteroatoms. The Bertz CT molecular complexity index is 411. The van der Waals surface area contributed by atoms with Gasteiger partial charge in [-0.1, -0.05) is 19.3 Å². The highest BCUT2D eigenvalue weighted by molar-refractivity contribution is 5.79. The van der Waals surface area contributed by atoms with Gasteiger partial charge in [-0.2, -0.15) is 0 Å². The first-order chi connectivity index (χ1) is 10.8. The fourth-order valence-corrected chi connectivity index (χ4v) is 3.62. The lowest BCUT2D eigenvalue weighted by Gasteiger charge is -2.28. The SMILES string of the molecule is CC(C)(C)NC(=O)CN1CCCN(C(=O)C2CCCCC2)CC1. The maximum absolute atomic E-state index is 12.7. The Morgan fingerprint density at radius 2 is 1.65 bits per heavy atom. The van der Waals surface area contributed by atoms with Crippen molar-refractivity contribution in [2.24, 2.45) is 5.92 Å². The van der Waals surface area contributed by atoms with E-state index in [0.29, 0.717) is 12.5 Å². The predicted molar refractivity (Wildman–Crippen MR) is 92.1 cm³/mol. The van der Waals surface area contributed by atoms with Gasteiger partial charge < -0.3 is 10.2 Å². The van der Waals surface area contributed by atoms with Crippen LogP contribution in [0.5, 0.6) is 0 Å². The summed E-state index contributed by atoms with van der Waals surface area (Å²) < 4.78 is 0. The van der Waals surface area contributed by atoms with Crippen molar-refractivity contribution in [1.82, 2.24) is 15.1 Å². The van der Waals surface area contributed by atoms with Gasteiger partial charge >= 0.3 is 0 Å². The van der Waals surface area contributed by atoms with Crippen LogP contribution in [-0.2, 0) is 9.59 Å². The Morgan fingerprint density at radius 1 is 0.957 bits per heavy atom. The minimum atomic E-state index is -0.189. The molecule has 1 heterocycles. The summed E-state index contributed by atoms with van der Waals surface area (Å²) in [5.74, 6) is 0.676. The fourth-order valence-electron chi connectivity index (χ4n) is 3.62. The minimum Gasteiger partial charge on any atom is -0.350 e. The van der Waals surface area contributed by atoms with E-state index in [-0.39, 0.29) is 17.4 Å². The Kier molecular flexibility index (Phi) is 6.45. The van der Waals surface area contributed by atoms with E-state index in [9.17, 15) is 9.59 Å². The zero-order valence-corrected chi connectivity index (χ0v) is 15.1. The molecule has 0 atom stereocenters. The molecule has 132 valence electrons.